The van der Waals surface area contributed by atoms with Gasteiger partial charge in [0.15, 0.2) is 6.04 Å². The van der Waals surface area contributed by atoms with Crippen molar-refractivity contribution in [1.29, 1.82) is 0 Å². The summed E-state index contributed by atoms with van der Waals surface area (Å²) in [5.74, 6) is -2.10. The fourth-order valence-electron chi connectivity index (χ4n) is 5.22. The first-order valence-electron chi connectivity index (χ1n) is 13.8. The predicted molar refractivity (Wildman–Crippen MR) is 158 cm³/mol. The summed E-state index contributed by atoms with van der Waals surface area (Å²) < 4.78 is 11.4. The minimum atomic E-state index is -1.35. The lowest BCUT2D eigenvalue weighted by molar-refractivity contribution is -0.146. The average Bonchev–Trinajstić information content (AvgIpc) is 3.34. The van der Waals surface area contributed by atoms with Gasteiger partial charge in [-0.25, -0.2) is 9.59 Å². The normalized spacial score (nSPS) is 14.1. The zero-order chi connectivity index (χ0) is 29.5. The Balaban J connectivity index is 1.27. The molecule has 0 unspecified atom stereocenters. The Labute approximate surface area is 244 Å². The number of carboxylic acid groups (broad SMARTS) is 1. The van der Waals surface area contributed by atoms with E-state index < -0.39 is 36.2 Å². The van der Waals surface area contributed by atoms with E-state index in [9.17, 15) is 19.5 Å². The maximum Gasteiger partial charge on any atom is 0.408 e. The number of carbonyl (C=O) groups is 3. The van der Waals surface area contributed by atoms with Crippen LogP contribution in [-0.4, -0.2) is 41.8 Å². The molecule has 4 aromatic carbocycles. The van der Waals surface area contributed by atoms with Gasteiger partial charge in [0.2, 0.25) is 5.91 Å². The maximum atomic E-state index is 13.5. The number of fused-ring (bicyclic) bond motifs is 3. The number of nitrogens with one attached hydrogen (secondary N) is 2. The summed E-state index contributed by atoms with van der Waals surface area (Å²) in [5, 5.41) is 15.1. The SMILES string of the molecule is C[C@H](OCc1ccccc1)[C@@H](NC(=O)[C@H](NC(=O)OCC1c2ccccc2-c2ccccc21)c1ccccc1)C(=O)O. The van der Waals surface area contributed by atoms with Crippen molar-refractivity contribution < 1.29 is 29.0 Å². The molecule has 8 heteroatoms. The lowest BCUT2D eigenvalue weighted by Crippen LogP contribution is -2.52. The standard InChI is InChI=1S/C34H32N2O6/c1-22(41-20-23-12-4-2-5-13-23)30(33(38)39)35-32(37)31(24-14-6-3-7-15-24)36-34(40)42-21-29-27-18-10-8-16-25(27)26-17-9-11-19-28(26)29/h2-19,22,29-31H,20-21H2,1H3,(H,35,37)(H,36,40)(H,38,39)/t22-,30+,31+/m0/s1. The topological polar surface area (TPSA) is 114 Å². The number of ether oxygens (including phenoxy) is 2. The van der Waals surface area contributed by atoms with Crippen LogP contribution in [0, 0.1) is 0 Å². The van der Waals surface area contributed by atoms with Gasteiger partial charge in [0.1, 0.15) is 12.6 Å². The lowest BCUT2D eigenvalue weighted by Gasteiger charge is -2.25. The Morgan fingerprint density at radius 3 is 1.90 bits per heavy atom. The molecule has 5 rings (SSSR count). The van der Waals surface area contributed by atoms with Crippen LogP contribution in [0.2, 0.25) is 0 Å². The molecule has 8 nitrogen and oxygen atoms in total. The summed E-state index contributed by atoms with van der Waals surface area (Å²) >= 11 is 0. The number of hydrogen-bond acceptors (Lipinski definition) is 5. The molecule has 0 aromatic heterocycles. The van der Waals surface area contributed by atoms with Gasteiger partial charge in [-0.3, -0.25) is 4.79 Å². The fourth-order valence-corrected chi connectivity index (χ4v) is 5.22. The van der Waals surface area contributed by atoms with Gasteiger partial charge in [0.05, 0.1) is 12.7 Å². The van der Waals surface area contributed by atoms with Gasteiger partial charge in [-0.15, -0.1) is 0 Å². The smallest absolute Gasteiger partial charge is 0.408 e. The number of benzene rings is 4. The predicted octanol–water partition coefficient (Wildman–Crippen LogP) is 5.44. The summed E-state index contributed by atoms with van der Waals surface area (Å²) in [6, 6.07) is 31.4. The van der Waals surface area contributed by atoms with E-state index in [0.717, 1.165) is 27.8 Å². The first-order chi connectivity index (χ1) is 20.4. The highest BCUT2D eigenvalue weighted by Gasteiger charge is 2.33. The molecule has 4 aromatic rings. The zero-order valence-electron chi connectivity index (χ0n) is 23.1. The highest BCUT2D eigenvalue weighted by Crippen LogP contribution is 2.44. The zero-order valence-corrected chi connectivity index (χ0v) is 23.1. The second-order valence-corrected chi connectivity index (χ2v) is 10.1. The van der Waals surface area contributed by atoms with Crippen LogP contribution in [0.15, 0.2) is 109 Å². The van der Waals surface area contributed by atoms with E-state index in [1.807, 2.05) is 78.9 Å². The minimum absolute atomic E-state index is 0.0745. The minimum Gasteiger partial charge on any atom is -0.480 e. The molecule has 3 atom stereocenters. The van der Waals surface area contributed by atoms with Crippen LogP contribution >= 0.6 is 0 Å². The summed E-state index contributed by atoms with van der Waals surface area (Å²) in [7, 11) is 0. The molecule has 0 saturated heterocycles. The number of rotatable bonds is 11. The van der Waals surface area contributed by atoms with Crippen LogP contribution in [0.5, 0.6) is 0 Å². The molecule has 0 saturated carbocycles. The van der Waals surface area contributed by atoms with Crippen LogP contribution < -0.4 is 10.6 Å². The second kappa shape index (κ2) is 13.1. The number of amides is 2. The number of carbonyl (C=O) groups excluding carboxylic acids is 2. The first kappa shape index (κ1) is 28.6. The number of carboxylic acids is 1. The molecule has 0 spiro atoms. The summed E-state index contributed by atoms with van der Waals surface area (Å²) in [4.78, 5) is 38.6. The van der Waals surface area contributed by atoms with Crippen molar-refractivity contribution in [3.05, 3.63) is 131 Å². The van der Waals surface area contributed by atoms with Crippen LogP contribution in [-0.2, 0) is 25.7 Å². The molecule has 1 aliphatic rings. The highest BCUT2D eigenvalue weighted by molar-refractivity contribution is 5.90. The van der Waals surface area contributed by atoms with E-state index in [1.54, 1.807) is 37.3 Å². The van der Waals surface area contributed by atoms with Crippen LogP contribution in [0.1, 0.15) is 41.1 Å². The third kappa shape index (κ3) is 6.50. The molecule has 1 aliphatic carbocycles. The van der Waals surface area contributed by atoms with Crippen molar-refractivity contribution in [3.63, 3.8) is 0 Å². The summed E-state index contributed by atoms with van der Waals surface area (Å²) in [6.45, 7) is 1.84. The van der Waals surface area contributed by atoms with Gasteiger partial charge in [-0.1, -0.05) is 109 Å². The maximum absolute atomic E-state index is 13.5. The van der Waals surface area contributed by atoms with Crippen molar-refractivity contribution >= 4 is 18.0 Å². The van der Waals surface area contributed by atoms with Crippen molar-refractivity contribution in [2.75, 3.05) is 6.61 Å². The third-order valence-corrected chi connectivity index (χ3v) is 7.39. The van der Waals surface area contributed by atoms with Gasteiger partial charge in [0.25, 0.3) is 0 Å². The van der Waals surface area contributed by atoms with E-state index in [2.05, 4.69) is 10.6 Å². The molecule has 0 aliphatic heterocycles. The molecule has 3 N–H and O–H groups in total. The Kier molecular flexibility index (Phi) is 8.94. The van der Waals surface area contributed by atoms with Crippen molar-refractivity contribution in [2.45, 2.75) is 37.6 Å². The van der Waals surface area contributed by atoms with Gasteiger partial charge in [-0.05, 0) is 40.3 Å². The van der Waals surface area contributed by atoms with Crippen molar-refractivity contribution in [1.82, 2.24) is 10.6 Å². The molecule has 214 valence electrons. The van der Waals surface area contributed by atoms with Gasteiger partial charge >= 0.3 is 12.1 Å². The van der Waals surface area contributed by atoms with Gasteiger partial charge < -0.3 is 25.2 Å². The molecule has 42 heavy (non-hydrogen) atoms. The molecule has 0 radical (unpaired) electrons. The Morgan fingerprint density at radius 2 is 1.31 bits per heavy atom. The number of aliphatic carboxylic acids is 1. The summed E-state index contributed by atoms with van der Waals surface area (Å²) in [6.07, 6.45) is -1.64. The van der Waals surface area contributed by atoms with E-state index in [4.69, 9.17) is 9.47 Å². The van der Waals surface area contributed by atoms with Crippen molar-refractivity contribution in [2.24, 2.45) is 0 Å². The van der Waals surface area contributed by atoms with Gasteiger partial charge in [-0.2, -0.15) is 0 Å². The quantitative estimate of drug-likeness (QED) is 0.224. The van der Waals surface area contributed by atoms with Crippen LogP contribution in [0.25, 0.3) is 11.1 Å². The number of hydrogen-bond donors (Lipinski definition) is 3. The molecule has 2 amide bonds. The third-order valence-electron chi connectivity index (χ3n) is 7.39. The highest BCUT2D eigenvalue weighted by atomic mass is 16.5. The molecular weight excluding hydrogens is 532 g/mol. The summed E-state index contributed by atoms with van der Waals surface area (Å²) in [5.41, 5.74) is 5.69. The largest absolute Gasteiger partial charge is 0.480 e. The van der Waals surface area contributed by atoms with E-state index in [1.165, 1.54) is 0 Å². The fraction of sp³-hybridized carbons (Fsp3) is 0.206. The van der Waals surface area contributed by atoms with Crippen molar-refractivity contribution in [3.8, 4) is 11.1 Å². The monoisotopic (exact) mass is 564 g/mol. The van der Waals surface area contributed by atoms with Gasteiger partial charge in [0, 0.05) is 5.92 Å². The Morgan fingerprint density at radius 1 is 0.762 bits per heavy atom. The Hall–Kier alpha value is -4.95. The molecule has 0 bridgehead atoms. The molecule has 0 fully saturated rings. The second-order valence-electron chi connectivity index (χ2n) is 10.1. The molecular formula is C34H32N2O6. The Bertz CT molecular complexity index is 1500. The van der Waals surface area contributed by atoms with E-state index in [-0.39, 0.29) is 19.1 Å². The van der Waals surface area contributed by atoms with E-state index in [0.29, 0.717) is 5.56 Å². The lowest BCUT2D eigenvalue weighted by atomic mass is 9.98. The van der Waals surface area contributed by atoms with E-state index >= 15 is 0 Å². The van der Waals surface area contributed by atoms with Crippen LogP contribution in [0.3, 0.4) is 0 Å². The van der Waals surface area contributed by atoms with Crippen LogP contribution in [0.4, 0.5) is 4.79 Å². The molecule has 0 heterocycles. The first-order valence-corrected chi connectivity index (χ1v) is 13.8. The number of alkyl carbamates (subject to hydrolysis) is 1. The average molecular weight is 565 g/mol.